The summed E-state index contributed by atoms with van der Waals surface area (Å²) in [4.78, 5) is 14.2. The van der Waals surface area contributed by atoms with E-state index in [2.05, 4.69) is 25.2 Å². The summed E-state index contributed by atoms with van der Waals surface area (Å²) in [5.41, 5.74) is 0. The fraction of sp³-hybridized carbons (Fsp3) is 0.727. The minimum atomic E-state index is 0.127. The molecule has 0 amide bonds. The Hall–Kier alpha value is -1.18. The number of methoxy groups -OCH3 is 1. The van der Waals surface area contributed by atoms with E-state index in [0.29, 0.717) is 5.95 Å². The number of halogens is 1. The molecule has 1 aromatic heterocycles. The molecule has 0 spiro atoms. The van der Waals surface area contributed by atoms with Crippen LogP contribution < -0.4 is 10.1 Å². The molecule has 1 aromatic rings. The first-order valence-electron chi connectivity index (χ1n) is 6.27. The smallest absolute Gasteiger partial charge is 0.322 e. The molecule has 106 valence electrons. The van der Waals surface area contributed by atoms with E-state index >= 15 is 0 Å². The van der Waals surface area contributed by atoms with Crippen LogP contribution in [0, 0.1) is 0 Å². The van der Waals surface area contributed by atoms with Gasteiger partial charge in [-0.25, -0.2) is 0 Å². The molecule has 1 N–H and O–H groups in total. The van der Waals surface area contributed by atoms with Gasteiger partial charge >= 0.3 is 6.01 Å². The molecule has 0 aliphatic carbocycles. The van der Waals surface area contributed by atoms with E-state index in [9.17, 15) is 0 Å². The first kappa shape index (κ1) is 14.2. The molecule has 2 rings (SSSR count). The third-order valence-corrected chi connectivity index (χ3v) is 2.98. The van der Waals surface area contributed by atoms with Crippen molar-refractivity contribution in [3.8, 4) is 6.01 Å². The van der Waals surface area contributed by atoms with E-state index in [1.165, 1.54) is 7.11 Å². The Balaban J connectivity index is 1.71. The highest BCUT2D eigenvalue weighted by Crippen LogP contribution is 2.10. The van der Waals surface area contributed by atoms with Crippen molar-refractivity contribution in [3.05, 3.63) is 5.28 Å². The van der Waals surface area contributed by atoms with Crippen LogP contribution in [-0.4, -0.2) is 66.4 Å². The zero-order valence-electron chi connectivity index (χ0n) is 10.9. The Bertz CT molecular complexity index is 401. The van der Waals surface area contributed by atoms with Crippen LogP contribution in [0.15, 0.2) is 0 Å². The monoisotopic (exact) mass is 287 g/mol. The van der Waals surface area contributed by atoms with Crippen LogP contribution in [0.5, 0.6) is 6.01 Å². The summed E-state index contributed by atoms with van der Waals surface area (Å²) in [6.07, 6.45) is 1.01. The predicted octanol–water partition coefficient (Wildman–Crippen LogP) is 0.668. The summed E-state index contributed by atoms with van der Waals surface area (Å²) in [5.74, 6) is 0.443. The van der Waals surface area contributed by atoms with Crippen molar-refractivity contribution in [2.75, 3.05) is 51.8 Å². The molecule has 0 radical (unpaired) electrons. The Kier molecular flexibility index (Phi) is 5.56. The van der Waals surface area contributed by atoms with Crippen LogP contribution >= 0.6 is 11.6 Å². The highest BCUT2D eigenvalue weighted by Gasteiger charge is 2.09. The van der Waals surface area contributed by atoms with Crippen LogP contribution in [0.3, 0.4) is 0 Å². The zero-order valence-corrected chi connectivity index (χ0v) is 11.7. The maximum Gasteiger partial charge on any atom is 0.322 e. The lowest BCUT2D eigenvalue weighted by molar-refractivity contribution is 0.0378. The van der Waals surface area contributed by atoms with Gasteiger partial charge in [0.2, 0.25) is 11.2 Å². The van der Waals surface area contributed by atoms with Crippen LogP contribution in [0.1, 0.15) is 6.42 Å². The fourth-order valence-corrected chi connectivity index (χ4v) is 1.98. The third kappa shape index (κ3) is 4.77. The molecule has 7 nitrogen and oxygen atoms in total. The van der Waals surface area contributed by atoms with Crippen molar-refractivity contribution < 1.29 is 9.47 Å². The Morgan fingerprint density at radius 1 is 1.32 bits per heavy atom. The molecule has 0 unspecified atom stereocenters. The van der Waals surface area contributed by atoms with Gasteiger partial charge in [-0.2, -0.15) is 15.0 Å². The maximum atomic E-state index is 5.76. The molecule has 0 atom stereocenters. The van der Waals surface area contributed by atoms with E-state index in [0.717, 1.165) is 45.8 Å². The molecule has 19 heavy (non-hydrogen) atoms. The average Bonchev–Trinajstić information content (AvgIpc) is 2.44. The van der Waals surface area contributed by atoms with E-state index in [1.807, 2.05) is 0 Å². The van der Waals surface area contributed by atoms with Gasteiger partial charge in [-0.3, -0.25) is 4.90 Å². The molecular weight excluding hydrogens is 270 g/mol. The summed E-state index contributed by atoms with van der Waals surface area (Å²) in [6, 6.07) is 0.218. The summed E-state index contributed by atoms with van der Waals surface area (Å²) in [6.45, 7) is 5.48. The van der Waals surface area contributed by atoms with Crippen molar-refractivity contribution in [2.24, 2.45) is 0 Å². The highest BCUT2D eigenvalue weighted by molar-refractivity contribution is 6.28. The minimum Gasteiger partial charge on any atom is -0.467 e. The van der Waals surface area contributed by atoms with Gasteiger partial charge in [-0.15, -0.1) is 0 Å². The van der Waals surface area contributed by atoms with Gasteiger partial charge in [0.1, 0.15) is 0 Å². The molecule has 2 heterocycles. The second-order valence-electron chi connectivity index (χ2n) is 4.15. The normalized spacial score (nSPS) is 16.3. The first-order valence-corrected chi connectivity index (χ1v) is 6.65. The standard InChI is InChI=1S/C11H18ClN5O2/c1-18-11-15-9(12)14-10(16-11)13-3-2-4-17-5-7-19-8-6-17/h2-8H2,1H3,(H,13,14,15,16). The number of hydrogen-bond donors (Lipinski definition) is 1. The molecule has 0 aromatic carbocycles. The molecule has 1 aliphatic heterocycles. The molecule has 1 saturated heterocycles. The zero-order chi connectivity index (χ0) is 13.5. The summed E-state index contributed by atoms with van der Waals surface area (Å²) in [5, 5.41) is 3.24. The molecule has 0 bridgehead atoms. The average molecular weight is 288 g/mol. The van der Waals surface area contributed by atoms with Gasteiger partial charge in [0.25, 0.3) is 0 Å². The largest absolute Gasteiger partial charge is 0.467 e. The number of morpholine rings is 1. The van der Waals surface area contributed by atoms with E-state index in [1.54, 1.807) is 0 Å². The molecule has 1 aliphatic rings. The van der Waals surface area contributed by atoms with Crippen molar-refractivity contribution in [2.45, 2.75) is 6.42 Å². The van der Waals surface area contributed by atoms with Crippen LogP contribution in [0.4, 0.5) is 5.95 Å². The second kappa shape index (κ2) is 7.42. The van der Waals surface area contributed by atoms with Gasteiger partial charge < -0.3 is 14.8 Å². The van der Waals surface area contributed by atoms with Crippen LogP contribution in [0.25, 0.3) is 0 Å². The summed E-state index contributed by atoms with van der Waals surface area (Å²) in [7, 11) is 1.49. The molecule has 0 saturated carbocycles. The van der Waals surface area contributed by atoms with Gasteiger partial charge in [0, 0.05) is 19.6 Å². The Morgan fingerprint density at radius 2 is 2.11 bits per heavy atom. The summed E-state index contributed by atoms with van der Waals surface area (Å²) >= 11 is 5.76. The van der Waals surface area contributed by atoms with E-state index < -0.39 is 0 Å². The quantitative estimate of drug-likeness (QED) is 0.771. The number of aromatic nitrogens is 3. The number of rotatable bonds is 6. The van der Waals surface area contributed by atoms with E-state index in [4.69, 9.17) is 21.1 Å². The van der Waals surface area contributed by atoms with Crippen LogP contribution in [0.2, 0.25) is 5.28 Å². The number of ether oxygens (including phenoxy) is 2. The highest BCUT2D eigenvalue weighted by atomic mass is 35.5. The van der Waals surface area contributed by atoms with Crippen molar-refractivity contribution in [1.82, 2.24) is 19.9 Å². The van der Waals surface area contributed by atoms with Crippen molar-refractivity contribution in [1.29, 1.82) is 0 Å². The topological polar surface area (TPSA) is 72.4 Å². The maximum absolute atomic E-state index is 5.76. The van der Waals surface area contributed by atoms with Crippen molar-refractivity contribution >= 4 is 17.5 Å². The van der Waals surface area contributed by atoms with E-state index in [-0.39, 0.29) is 11.3 Å². The SMILES string of the molecule is COc1nc(Cl)nc(NCCCN2CCOCC2)n1. The molecule has 1 fully saturated rings. The van der Waals surface area contributed by atoms with Gasteiger partial charge in [0.05, 0.1) is 20.3 Å². The van der Waals surface area contributed by atoms with Gasteiger partial charge in [-0.05, 0) is 24.6 Å². The number of hydrogen-bond acceptors (Lipinski definition) is 7. The lowest BCUT2D eigenvalue weighted by Crippen LogP contribution is -2.37. The summed E-state index contributed by atoms with van der Waals surface area (Å²) < 4.78 is 10.2. The first-order chi connectivity index (χ1) is 9.28. The lowest BCUT2D eigenvalue weighted by atomic mass is 10.3. The lowest BCUT2D eigenvalue weighted by Gasteiger charge is -2.26. The molecule has 8 heteroatoms. The van der Waals surface area contributed by atoms with Crippen molar-refractivity contribution in [3.63, 3.8) is 0 Å². The number of nitrogens with zero attached hydrogens (tertiary/aromatic N) is 4. The second-order valence-corrected chi connectivity index (χ2v) is 4.49. The molecular formula is C11H18ClN5O2. The third-order valence-electron chi connectivity index (χ3n) is 2.81. The van der Waals surface area contributed by atoms with Crippen LogP contribution in [-0.2, 0) is 4.74 Å². The number of anilines is 1. The Morgan fingerprint density at radius 3 is 2.84 bits per heavy atom. The Labute approximate surface area is 117 Å². The van der Waals surface area contributed by atoms with Gasteiger partial charge in [-0.1, -0.05) is 0 Å². The fourth-order valence-electron chi connectivity index (χ4n) is 1.83. The van der Waals surface area contributed by atoms with Gasteiger partial charge in [0.15, 0.2) is 0 Å². The number of nitrogens with one attached hydrogen (secondary N) is 1. The minimum absolute atomic E-state index is 0.127. The predicted molar refractivity (Wildman–Crippen MR) is 71.8 cm³/mol.